The van der Waals surface area contributed by atoms with E-state index in [1.807, 2.05) is 66.0 Å². The van der Waals surface area contributed by atoms with Gasteiger partial charge < -0.3 is 4.74 Å². The molecule has 0 fully saturated rings. The van der Waals surface area contributed by atoms with Crippen LogP contribution < -0.4 is 5.56 Å². The van der Waals surface area contributed by atoms with Gasteiger partial charge in [-0.15, -0.1) is 11.3 Å². The number of ether oxygens (including phenoxy) is 1. The minimum absolute atomic E-state index is 0.172. The van der Waals surface area contributed by atoms with E-state index < -0.39 is 5.97 Å². The van der Waals surface area contributed by atoms with Crippen molar-refractivity contribution in [1.29, 1.82) is 0 Å². The first-order chi connectivity index (χ1) is 15.2. The molecule has 0 aliphatic rings. The Labute approximate surface area is 182 Å². The number of benzene rings is 3. The van der Waals surface area contributed by atoms with Gasteiger partial charge in [0.15, 0.2) is 0 Å². The van der Waals surface area contributed by atoms with Gasteiger partial charge in [0.2, 0.25) is 0 Å². The lowest BCUT2D eigenvalue weighted by Gasteiger charge is -2.08. The molecule has 5 nitrogen and oxygen atoms in total. The fourth-order valence-electron chi connectivity index (χ4n) is 3.57. The summed E-state index contributed by atoms with van der Waals surface area (Å²) < 4.78 is 6.63. The van der Waals surface area contributed by atoms with Crippen molar-refractivity contribution in [3.05, 3.63) is 100 Å². The number of carbonyl (C=O) groups excluding carboxylic acids is 1. The molecule has 3 aromatic carbocycles. The first-order valence-corrected chi connectivity index (χ1v) is 10.7. The van der Waals surface area contributed by atoms with Crippen LogP contribution in [0, 0.1) is 0 Å². The van der Waals surface area contributed by atoms with E-state index in [2.05, 4.69) is 17.1 Å². The number of nitrogens with zero attached hydrogens (tertiary/aromatic N) is 2. The van der Waals surface area contributed by atoms with Gasteiger partial charge in [-0.05, 0) is 28.0 Å². The van der Waals surface area contributed by atoms with Crippen LogP contribution in [-0.2, 0) is 22.7 Å². The highest BCUT2D eigenvalue weighted by atomic mass is 32.1. The van der Waals surface area contributed by atoms with Crippen LogP contribution in [0.3, 0.4) is 0 Å². The molecule has 0 atom stereocenters. The molecule has 0 spiro atoms. The molecule has 0 radical (unpaired) electrons. The summed E-state index contributed by atoms with van der Waals surface area (Å²) in [6.45, 7) is -0.00744. The van der Waals surface area contributed by atoms with Gasteiger partial charge in [-0.2, -0.15) is 0 Å². The average Bonchev–Trinajstić information content (AvgIpc) is 3.25. The van der Waals surface area contributed by atoms with Gasteiger partial charge in [0, 0.05) is 10.9 Å². The summed E-state index contributed by atoms with van der Waals surface area (Å²) in [5, 5.41) is 4.72. The fraction of sp³-hybridized carbons (Fsp3) is 0.0800. The Morgan fingerprint density at radius 1 is 0.968 bits per heavy atom. The molecule has 152 valence electrons. The molecule has 5 aromatic rings. The van der Waals surface area contributed by atoms with E-state index in [-0.39, 0.29) is 18.7 Å². The average molecular weight is 426 g/mol. The third-order valence-electron chi connectivity index (χ3n) is 5.16. The third-order valence-corrected chi connectivity index (χ3v) is 6.05. The van der Waals surface area contributed by atoms with Crippen molar-refractivity contribution < 1.29 is 9.53 Å². The largest absolute Gasteiger partial charge is 0.459 e. The standard InChI is InChI=1S/C25H18N2O3S/c28-22(30-14-17-6-2-1-3-7-17)13-27-16-26-24-23(25(27)29)21(15-31-24)20-11-10-18-8-4-5-9-19(18)12-20/h1-12,15-16H,13-14H2. The van der Waals surface area contributed by atoms with Crippen molar-refractivity contribution in [3.63, 3.8) is 0 Å². The van der Waals surface area contributed by atoms with Crippen molar-refractivity contribution in [2.75, 3.05) is 0 Å². The number of thiophene rings is 1. The topological polar surface area (TPSA) is 61.2 Å². The predicted molar refractivity (Wildman–Crippen MR) is 123 cm³/mol. The quantitative estimate of drug-likeness (QED) is 0.370. The third kappa shape index (κ3) is 3.85. The van der Waals surface area contributed by atoms with Crippen LogP contribution in [0.1, 0.15) is 5.56 Å². The second-order valence-corrected chi connectivity index (χ2v) is 8.07. The van der Waals surface area contributed by atoms with Gasteiger partial charge in [0.25, 0.3) is 5.56 Å². The normalized spacial score (nSPS) is 11.1. The number of hydrogen-bond donors (Lipinski definition) is 0. The molecule has 5 rings (SSSR count). The fourth-order valence-corrected chi connectivity index (χ4v) is 4.48. The Hall–Kier alpha value is -3.77. The van der Waals surface area contributed by atoms with Gasteiger partial charge >= 0.3 is 5.97 Å². The molecule has 0 N–H and O–H groups in total. The molecular formula is C25H18N2O3S. The van der Waals surface area contributed by atoms with Gasteiger partial charge in [-0.1, -0.05) is 66.7 Å². The Kier molecular flexibility index (Phi) is 5.06. The summed E-state index contributed by atoms with van der Waals surface area (Å²) >= 11 is 1.42. The minimum atomic E-state index is -0.477. The highest BCUT2D eigenvalue weighted by molar-refractivity contribution is 7.17. The lowest BCUT2D eigenvalue weighted by atomic mass is 10.0. The summed E-state index contributed by atoms with van der Waals surface area (Å²) in [5.74, 6) is -0.477. The van der Waals surface area contributed by atoms with Crippen LogP contribution in [0.5, 0.6) is 0 Å². The number of hydrogen-bond acceptors (Lipinski definition) is 5. The summed E-state index contributed by atoms with van der Waals surface area (Å²) in [6.07, 6.45) is 1.41. The Morgan fingerprint density at radius 3 is 2.58 bits per heavy atom. The van der Waals surface area contributed by atoms with E-state index in [9.17, 15) is 9.59 Å². The van der Waals surface area contributed by atoms with E-state index in [4.69, 9.17) is 4.74 Å². The molecule has 0 unspecified atom stereocenters. The lowest BCUT2D eigenvalue weighted by molar-refractivity contribution is -0.145. The number of aromatic nitrogens is 2. The second kappa shape index (κ2) is 8.16. The molecule has 2 heterocycles. The van der Waals surface area contributed by atoms with Gasteiger partial charge in [0.05, 0.1) is 11.7 Å². The Bertz CT molecular complexity index is 1450. The van der Waals surface area contributed by atoms with Crippen LogP contribution in [0.2, 0.25) is 0 Å². The monoisotopic (exact) mass is 426 g/mol. The zero-order valence-corrected chi connectivity index (χ0v) is 17.3. The van der Waals surface area contributed by atoms with E-state index in [1.54, 1.807) is 0 Å². The zero-order valence-electron chi connectivity index (χ0n) is 16.5. The summed E-state index contributed by atoms with van der Waals surface area (Å²) in [7, 11) is 0. The van der Waals surface area contributed by atoms with E-state index in [0.29, 0.717) is 10.2 Å². The number of fused-ring (bicyclic) bond motifs is 2. The SMILES string of the molecule is O=C(Cn1cnc2scc(-c3ccc4ccccc4c3)c2c1=O)OCc1ccccc1. The summed E-state index contributed by atoms with van der Waals surface area (Å²) in [6, 6.07) is 23.7. The van der Waals surface area contributed by atoms with Crippen LogP contribution in [0.25, 0.3) is 32.1 Å². The Balaban J connectivity index is 1.45. The van der Waals surface area contributed by atoms with Gasteiger partial charge in [-0.25, -0.2) is 4.98 Å². The zero-order chi connectivity index (χ0) is 21.2. The van der Waals surface area contributed by atoms with Crippen LogP contribution in [0.4, 0.5) is 0 Å². The van der Waals surface area contributed by atoms with Crippen LogP contribution in [0.15, 0.2) is 89.3 Å². The molecule has 31 heavy (non-hydrogen) atoms. The summed E-state index contributed by atoms with van der Waals surface area (Å²) in [5.41, 5.74) is 2.43. The van der Waals surface area contributed by atoms with Gasteiger partial charge in [0.1, 0.15) is 18.0 Å². The predicted octanol–water partition coefficient (Wildman–Crippen LogP) is 5.02. The molecule has 0 saturated carbocycles. The minimum Gasteiger partial charge on any atom is -0.459 e. The number of rotatable bonds is 5. The molecule has 0 saturated heterocycles. The smallest absolute Gasteiger partial charge is 0.326 e. The summed E-state index contributed by atoms with van der Waals surface area (Å²) in [4.78, 5) is 30.5. The van der Waals surface area contributed by atoms with Crippen LogP contribution in [-0.4, -0.2) is 15.5 Å². The maximum absolute atomic E-state index is 13.2. The van der Waals surface area contributed by atoms with Gasteiger partial charge in [-0.3, -0.25) is 14.2 Å². The maximum atomic E-state index is 13.2. The number of carbonyl (C=O) groups is 1. The number of esters is 1. The molecule has 2 aromatic heterocycles. The lowest BCUT2D eigenvalue weighted by Crippen LogP contribution is -2.25. The van der Waals surface area contributed by atoms with E-state index >= 15 is 0 Å². The molecule has 0 bridgehead atoms. The highest BCUT2D eigenvalue weighted by Crippen LogP contribution is 2.32. The van der Waals surface area contributed by atoms with Crippen molar-refractivity contribution in [3.8, 4) is 11.1 Å². The second-order valence-electron chi connectivity index (χ2n) is 7.22. The molecule has 0 aliphatic heterocycles. The van der Waals surface area contributed by atoms with Crippen molar-refractivity contribution in [2.24, 2.45) is 0 Å². The van der Waals surface area contributed by atoms with Crippen molar-refractivity contribution in [2.45, 2.75) is 13.2 Å². The maximum Gasteiger partial charge on any atom is 0.326 e. The first-order valence-electron chi connectivity index (χ1n) is 9.84. The van der Waals surface area contributed by atoms with E-state index in [0.717, 1.165) is 27.5 Å². The van der Waals surface area contributed by atoms with Crippen LogP contribution >= 0.6 is 11.3 Å². The first kappa shape index (κ1) is 19.2. The molecule has 0 aliphatic carbocycles. The van der Waals surface area contributed by atoms with Crippen molar-refractivity contribution >= 4 is 38.3 Å². The highest BCUT2D eigenvalue weighted by Gasteiger charge is 2.15. The van der Waals surface area contributed by atoms with Crippen molar-refractivity contribution in [1.82, 2.24) is 9.55 Å². The Morgan fingerprint density at radius 2 is 1.74 bits per heavy atom. The molecular weight excluding hydrogens is 408 g/mol. The molecule has 0 amide bonds. The van der Waals surface area contributed by atoms with E-state index in [1.165, 1.54) is 22.2 Å². The molecule has 6 heteroatoms.